The van der Waals surface area contributed by atoms with Gasteiger partial charge in [0.15, 0.2) is 6.10 Å². The molecule has 0 aliphatic heterocycles. The van der Waals surface area contributed by atoms with E-state index < -0.39 is 23.9 Å². The summed E-state index contributed by atoms with van der Waals surface area (Å²) in [4.78, 5) is 10.6. The second-order valence-corrected chi connectivity index (χ2v) is 3.07. The number of amides is 1. The Bertz CT molecular complexity index is 384. The summed E-state index contributed by atoms with van der Waals surface area (Å²) in [5.74, 6) is -1.90. The Balaban J connectivity index is 3.04. The fraction of sp³-hybridized carbons (Fsp3) is 0.222. The Labute approximate surface area is 85.1 Å². The van der Waals surface area contributed by atoms with Crippen LogP contribution < -0.4 is 11.5 Å². The van der Waals surface area contributed by atoms with Crippen molar-refractivity contribution in [1.29, 1.82) is 0 Å². The van der Waals surface area contributed by atoms with Gasteiger partial charge in [0, 0.05) is 11.3 Å². The molecule has 15 heavy (non-hydrogen) atoms. The molecule has 82 valence electrons. The second-order valence-electron chi connectivity index (χ2n) is 3.07. The molecule has 0 fully saturated rings. The third-order valence-corrected chi connectivity index (χ3v) is 1.93. The van der Waals surface area contributed by atoms with Crippen molar-refractivity contribution in [2.24, 2.45) is 5.73 Å². The third-order valence-electron chi connectivity index (χ3n) is 1.93. The van der Waals surface area contributed by atoms with Gasteiger partial charge in [-0.2, -0.15) is 0 Å². The maximum Gasteiger partial charge on any atom is 0.249 e. The molecule has 2 unspecified atom stereocenters. The molecule has 0 saturated heterocycles. The summed E-state index contributed by atoms with van der Waals surface area (Å²) in [5, 5.41) is 18.6. The van der Waals surface area contributed by atoms with Crippen LogP contribution in [0.25, 0.3) is 0 Å². The fourth-order valence-corrected chi connectivity index (χ4v) is 1.11. The summed E-state index contributed by atoms with van der Waals surface area (Å²) in [6.45, 7) is 0. The first-order chi connectivity index (χ1) is 6.93. The maximum absolute atomic E-state index is 13.2. The molecule has 0 aromatic heterocycles. The van der Waals surface area contributed by atoms with E-state index in [1.807, 2.05) is 0 Å². The Morgan fingerprint density at radius 3 is 2.53 bits per heavy atom. The van der Waals surface area contributed by atoms with Crippen LogP contribution in [0.4, 0.5) is 10.1 Å². The molecule has 6 N–H and O–H groups in total. The molecule has 0 aliphatic carbocycles. The predicted molar refractivity (Wildman–Crippen MR) is 51.0 cm³/mol. The lowest BCUT2D eigenvalue weighted by Crippen LogP contribution is -2.34. The summed E-state index contributed by atoms with van der Waals surface area (Å²) in [6, 6.07) is 3.45. The van der Waals surface area contributed by atoms with Crippen molar-refractivity contribution in [3.63, 3.8) is 0 Å². The molecule has 0 saturated carbocycles. The lowest BCUT2D eigenvalue weighted by atomic mass is 10.0. The van der Waals surface area contributed by atoms with Crippen LogP contribution in [-0.4, -0.2) is 22.2 Å². The number of aliphatic hydroxyl groups excluding tert-OH is 2. The summed E-state index contributed by atoms with van der Waals surface area (Å²) in [5.41, 5.74) is 10.1. The van der Waals surface area contributed by atoms with Gasteiger partial charge in [0.05, 0.1) is 0 Å². The molecular formula is C9H11FN2O3. The van der Waals surface area contributed by atoms with E-state index in [4.69, 9.17) is 16.6 Å². The maximum atomic E-state index is 13.2. The monoisotopic (exact) mass is 214 g/mol. The molecule has 0 spiro atoms. The van der Waals surface area contributed by atoms with Crippen LogP contribution in [-0.2, 0) is 4.79 Å². The van der Waals surface area contributed by atoms with Crippen LogP contribution in [0.15, 0.2) is 18.2 Å². The van der Waals surface area contributed by atoms with Crippen LogP contribution in [0, 0.1) is 5.82 Å². The van der Waals surface area contributed by atoms with Crippen LogP contribution in [0.3, 0.4) is 0 Å². The van der Waals surface area contributed by atoms with E-state index in [-0.39, 0.29) is 11.3 Å². The fourth-order valence-electron chi connectivity index (χ4n) is 1.11. The number of rotatable bonds is 3. The second kappa shape index (κ2) is 4.24. The molecule has 1 aromatic rings. The van der Waals surface area contributed by atoms with E-state index in [2.05, 4.69) is 0 Å². The molecule has 0 radical (unpaired) electrons. The highest BCUT2D eigenvalue weighted by Gasteiger charge is 2.25. The Morgan fingerprint density at radius 2 is 2.00 bits per heavy atom. The summed E-state index contributed by atoms with van der Waals surface area (Å²) in [6.07, 6.45) is -3.58. The zero-order chi connectivity index (χ0) is 11.6. The van der Waals surface area contributed by atoms with Gasteiger partial charge in [0.1, 0.15) is 11.9 Å². The first-order valence-corrected chi connectivity index (χ1v) is 4.14. The number of aliphatic hydroxyl groups is 2. The van der Waals surface area contributed by atoms with Crippen molar-refractivity contribution in [3.05, 3.63) is 29.6 Å². The molecule has 0 aliphatic rings. The van der Waals surface area contributed by atoms with E-state index in [9.17, 15) is 14.3 Å². The van der Waals surface area contributed by atoms with E-state index in [0.717, 1.165) is 12.1 Å². The van der Waals surface area contributed by atoms with Crippen LogP contribution in [0.2, 0.25) is 0 Å². The predicted octanol–water partition coefficient (Wildman–Crippen LogP) is -0.713. The van der Waals surface area contributed by atoms with Crippen molar-refractivity contribution in [2.75, 3.05) is 5.73 Å². The van der Waals surface area contributed by atoms with Gasteiger partial charge in [-0.1, -0.05) is 0 Å². The van der Waals surface area contributed by atoms with E-state index >= 15 is 0 Å². The average Bonchev–Trinajstić information content (AvgIpc) is 2.19. The zero-order valence-corrected chi connectivity index (χ0v) is 7.72. The standard InChI is InChI=1S/C9H11FN2O3/c10-6-2-1-4(11)3-5(6)7(13)8(14)9(12)15/h1-3,7-8,13-14H,11H2,(H2,12,15). The number of hydrogen-bond acceptors (Lipinski definition) is 4. The first-order valence-electron chi connectivity index (χ1n) is 4.14. The summed E-state index contributed by atoms with van der Waals surface area (Å²) >= 11 is 0. The van der Waals surface area contributed by atoms with Crippen molar-refractivity contribution < 1.29 is 19.4 Å². The van der Waals surface area contributed by atoms with Crippen molar-refractivity contribution >= 4 is 11.6 Å². The van der Waals surface area contributed by atoms with Crippen LogP contribution >= 0.6 is 0 Å². The van der Waals surface area contributed by atoms with Gasteiger partial charge in [0.2, 0.25) is 5.91 Å². The number of carbonyl (C=O) groups excluding carboxylic acids is 1. The Morgan fingerprint density at radius 1 is 1.40 bits per heavy atom. The van der Waals surface area contributed by atoms with Crippen molar-refractivity contribution in [3.8, 4) is 0 Å². The number of halogens is 1. The largest absolute Gasteiger partial charge is 0.399 e. The smallest absolute Gasteiger partial charge is 0.249 e. The number of nitrogen functional groups attached to an aromatic ring is 1. The van der Waals surface area contributed by atoms with Gasteiger partial charge in [-0.15, -0.1) is 0 Å². The molecule has 5 nitrogen and oxygen atoms in total. The topological polar surface area (TPSA) is 110 Å². The molecule has 0 heterocycles. The number of anilines is 1. The molecular weight excluding hydrogens is 203 g/mol. The Kier molecular flexibility index (Phi) is 3.23. The normalized spacial score (nSPS) is 14.6. The first kappa shape index (κ1) is 11.4. The number of carbonyl (C=O) groups is 1. The molecule has 2 atom stereocenters. The molecule has 1 rings (SSSR count). The number of hydrogen-bond donors (Lipinski definition) is 4. The highest BCUT2D eigenvalue weighted by Crippen LogP contribution is 2.22. The highest BCUT2D eigenvalue weighted by atomic mass is 19.1. The minimum absolute atomic E-state index is 0.210. The average molecular weight is 214 g/mol. The molecule has 1 aromatic carbocycles. The van der Waals surface area contributed by atoms with E-state index in [1.54, 1.807) is 0 Å². The molecule has 0 bridgehead atoms. The minimum Gasteiger partial charge on any atom is -0.399 e. The Hall–Kier alpha value is -1.66. The quantitative estimate of drug-likeness (QED) is 0.498. The summed E-state index contributed by atoms with van der Waals surface area (Å²) < 4.78 is 13.2. The number of benzene rings is 1. The van der Waals surface area contributed by atoms with Gasteiger partial charge in [0.25, 0.3) is 0 Å². The van der Waals surface area contributed by atoms with E-state index in [1.165, 1.54) is 6.07 Å². The van der Waals surface area contributed by atoms with Gasteiger partial charge in [-0.3, -0.25) is 4.79 Å². The minimum atomic E-state index is -1.86. The van der Waals surface area contributed by atoms with Gasteiger partial charge < -0.3 is 21.7 Å². The van der Waals surface area contributed by atoms with Crippen LogP contribution in [0.5, 0.6) is 0 Å². The lowest BCUT2D eigenvalue weighted by molar-refractivity contribution is -0.132. The van der Waals surface area contributed by atoms with Gasteiger partial charge >= 0.3 is 0 Å². The number of primary amides is 1. The summed E-state index contributed by atoms with van der Waals surface area (Å²) in [7, 11) is 0. The van der Waals surface area contributed by atoms with Crippen molar-refractivity contribution in [2.45, 2.75) is 12.2 Å². The van der Waals surface area contributed by atoms with E-state index in [0.29, 0.717) is 0 Å². The lowest BCUT2D eigenvalue weighted by Gasteiger charge is -2.16. The third kappa shape index (κ3) is 2.42. The van der Waals surface area contributed by atoms with Gasteiger partial charge in [-0.25, -0.2) is 4.39 Å². The highest BCUT2D eigenvalue weighted by molar-refractivity contribution is 5.79. The SMILES string of the molecule is NC(=O)C(O)C(O)c1cc(N)ccc1F. The molecule has 1 amide bonds. The van der Waals surface area contributed by atoms with Crippen LogP contribution in [0.1, 0.15) is 11.7 Å². The van der Waals surface area contributed by atoms with Crippen molar-refractivity contribution in [1.82, 2.24) is 0 Å². The van der Waals surface area contributed by atoms with Gasteiger partial charge in [-0.05, 0) is 18.2 Å². The zero-order valence-electron chi connectivity index (χ0n) is 7.72. The number of nitrogens with two attached hydrogens (primary N) is 2. The molecule has 6 heteroatoms.